The largest absolute Gasteiger partial charge is 0.495 e. The van der Waals surface area contributed by atoms with Crippen LogP contribution in [0.5, 0.6) is 5.75 Å². The first-order chi connectivity index (χ1) is 9.48. The molecule has 0 bridgehead atoms. The van der Waals surface area contributed by atoms with Crippen molar-refractivity contribution in [3.8, 4) is 5.75 Å². The highest BCUT2D eigenvalue weighted by molar-refractivity contribution is 5.58. The van der Waals surface area contributed by atoms with E-state index in [0.29, 0.717) is 13.2 Å². The van der Waals surface area contributed by atoms with E-state index in [4.69, 9.17) is 15.2 Å². The number of ether oxygens (including phenoxy) is 2. The summed E-state index contributed by atoms with van der Waals surface area (Å²) in [6.07, 6.45) is 0.952. The third-order valence-corrected chi connectivity index (χ3v) is 2.95. The fraction of sp³-hybridized carbons (Fsp3) is 0.625. The van der Waals surface area contributed by atoms with Gasteiger partial charge in [-0.15, -0.1) is 0 Å². The first-order valence-corrected chi connectivity index (χ1v) is 7.20. The standard InChI is InChI=1S/C16H28N2O2/c1-16(2,3)20-13-12-18(11-7-10-17)14-8-5-6-9-15(14)19-4/h5-6,8-9H,7,10-13,17H2,1-4H3. The third-order valence-electron chi connectivity index (χ3n) is 2.95. The summed E-state index contributed by atoms with van der Waals surface area (Å²) in [6.45, 7) is 9.32. The van der Waals surface area contributed by atoms with Gasteiger partial charge in [0.2, 0.25) is 0 Å². The maximum Gasteiger partial charge on any atom is 0.142 e. The first-order valence-electron chi connectivity index (χ1n) is 7.20. The van der Waals surface area contributed by atoms with Crippen LogP contribution in [0.4, 0.5) is 5.69 Å². The normalized spacial score (nSPS) is 11.4. The highest BCUT2D eigenvalue weighted by atomic mass is 16.5. The Labute approximate surface area is 122 Å². The molecule has 1 rings (SSSR count). The lowest BCUT2D eigenvalue weighted by Gasteiger charge is -2.28. The van der Waals surface area contributed by atoms with E-state index in [1.54, 1.807) is 7.11 Å². The summed E-state index contributed by atoms with van der Waals surface area (Å²) in [5.41, 5.74) is 6.62. The molecule has 0 spiro atoms. The van der Waals surface area contributed by atoms with E-state index in [2.05, 4.69) is 31.7 Å². The maximum atomic E-state index is 5.82. The molecule has 0 saturated carbocycles. The van der Waals surface area contributed by atoms with Crippen molar-refractivity contribution in [2.75, 3.05) is 38.3 Å². The van der Waals surface area contributed by atoms with E-state index in [1.165, 1.54) is 0 Å². The monoisotopic (exact) mass is 280 g/mol. The number of hydrogen-bond acceptors (Lipinski definition) is 4. The van der Waals surface area contributed by atoms with Gasteiger partial charge in [-0.2, -0.15) is 0 Å². The molecule has 20 heavy (non-hydrogen) atoms. The summed E-state index contributed by atoms with van der Waals surface area (Å²) in [6, 6.07) is 8.06. The van der Waals surface area contributed by atoms with Gasteiger partial charge < -0.3 is 20.1 Å². The van der Waals surface area contributed by atoms with Crippen LogP contribution in [0, 0.1) is 0 Å². The number of benzene rings is 1. The van der Waals surface area contributed by atoms with Crippen molar-refractivity contribution in [1.82, 2.24) is 0 Å². The number of para-hydroxylation sites is 2. The van der Waals surface area contributed by atoms with Gasteiger partial charge >= 0.3 is 0 Å². The van der Waals surface area contributed by atoms with Gasteiger partial charge in [-0.05, 0) is 45.9 Å². The smallest absolute Gasteiger partial charge is 0.142 e. The molecule has 4 heteroatoms. The Balaban J connectivity index is 2.72. The zero-order valence-corrected chi connectivity index (χ0v) is 13.2. The zero-order valence-electron chi connectivity index (χ0n) is 13.2. The molecular weight excluding hydrogens is 252 g/mol. The van der Waals surface area contributed by atoms with Crippen molar-refractivity contribution in [2.45, 2.75) is 32.8 Å². The molecule has 4 nitrogen and oxygen atoms in total. The van der Waals surface area contributed by atoms with Gasteiger partial charge in [0.05, 0.1) is 25.0 Å². The van der Waals surface area contributed by atoms with Crippen LogP contribution in [-0.2, 0) is 4.74 Å². The molecule has 0 amide bonds. The molecule has 1 aromatic carbocycles. The molecule has 0 fully saturated rings. The van der Waals surface area contributed by atoms with Gasteiger partial charge in [-0.1, -0.05) is 12.1 Å². The van der Waals surface area contributed by atoms with Crippen LogP contribution in [0.25, 0.3) is 0 Å². The summed E-state index contributed by atoms with van der Waals surface area (Å²) in [4.78, 5) is 2.28. The van der Waals surface area contributed by atoms with Crippen LogP contribution < -0.4 is 15.4 Å². The molecular formula is C16H28N2O2. The molecule has 0 aliphatic rings. The van der Waals surface area contributed by atoms with Crippen LogP contribution in [0.2, 0.25) is 0 Å². The van der Waals surface area contributed by atoms with Crippen molar-refractivity contribution in [1.29, 1.82) is 0 Å². The van der Waals surface area contributed by atoms with Crippen molar-refractivity contribution in [2.24, 2.45) is 5.73 Å². The molecule has 2 N–H and O–H groups in total. The molecule has 0 radical (unpaired) electrons. The van der Waals surface area contributed by atoms with Gasteiger partial charge in [0.1, 0.15) is 5.75 Å². The van der Waals surface area contributed by atoms with E-state index in [0.717, 1.165) is 30.9 Å². The van der Waals surface area contributed by atoms with Gasteiger partial charge in [-0.25, -0.2) is 0 Å². The number of rotatable bonds is 8. The second kappa shape index (κ2) is 8.12. The van der Waals surface area contributed by atoms with Crippen LogP contribution in [0.1, 0.15) is 27.2 Å². The van der Waals surface area contributed by atoms with Gasteiger partial charge in [0.15, 0.2) is 0 Å². The van der Waals surface area contributed by atoms with E-state index < -0.39 is 0 Å². The lowest BCUT2D eigenvalue weighted by Crippen LogP contribution is -2.32. The van der Waals surface area contributed by atoms with Crippen molar-refractivity contribution in [3.05, 3.63) is 24.3 Å². The quantitative estimate of drug-likeness (QED) is 0.795. The molecule has 0 aromatic heterocycles. The van der Waals surface area contributed by atoms with E-state index in [-0.39, 0.29) is 5.60 Å². The molecule has 0 heterocycles. The van der Waals surface area contributed by atoms with E-state index in [9.17, 15) is 0 Å². The number of nitrogens with two attached hydrogens (primary N) is 1. The average molecular weight is 280 g/mol. The Morgan fingerprint density at radius 2 is 1.85 bits per heavy atom. The third kappa shape index (κ3) is 5.80. The minimum atomic E-state index is -0.111. The van der Waals surface area contributed by atoms with Crippen LogP contribution in [-0.4, -0.2) is 39.0 Å². The van der Waals surface area contributed by atoms with Crippen molar-refractivity contribution < 1.29 is 9.47 Å². The molecule has 0 unspecified atom stereocenters. The topological polar surface area (TPSA) is 47.7 Å². The summed E-state index contributed by atoms with van der Waals surface area (Å²) >= 11 is 0. The Morgan fingerprint density at radius 1 is 1.15 bits per heavy atom. The molecule has 0 atom stereocenters. The predicted molar refractivity (Wildman–Crippen MR) is 84.6 cm³/mol. The van der Waals surface area contributed by atoms with Crippen molar-refractivity contribution in [3.63, 3.8) is 0 Å². The number of nitrogens with zero attached hydrogens (tertiary/aromatic N) is 1. The van der Waals surface area contributed by atoms with E-state index >= 15 is 0 Å². The predicted octanol–water partition coefficient (Wildman–Crippen LogP) is 2.67. The average Bonchev–Trinajstić information content (AvgIpc) is 2.41. The van der Waals surface area contributed by atoms with Gasteiger partial charge in [0, 0.05) is 13.1 Å². The second-order valence-electron chi connectivity index (χ2n) is 5.76. The van der Waals surface area contributed by atoms with Crippen LogP contribution in [0.3, 0.4) is 0 Å². The molecule has 0 aliphatic heterocycles. The minimum absolute atomic E-state index is 0.111. The second-order valence-corrected chi connectivity index (χ2v) is 5.76. The van der Waals surface area contributed by atoms with Crippen LogP contribution in [0.15, 0.2) is 24.3 Å². The fourth-order valence-electron chi connectivity index (χ4n) is 1.99. The highest BCUT2D eigenvalue weighted by Gasteiger charge is 2.14. The molecule has 0 aliphatic carbocycles. The summed E-state index contributed by atoms with van der Waals surface area (Å²) in [7, 11) is 1.70. The Hall–Kier alpha value is -1.26. The number of hydrogen-bond donors (Lipinski definition) is 1. The molecule has 114 valence electrons. The number of methoxy groups -OCH3 is 1. The molecule has 0 saturated heterocycles. The van der Waals surface area contributed by atoms with Gasteiger partial charge in [-0.3, -0.25) is 0 Å². The fourth-order valence-corrected chi connectivity index (χ4v) is 1.99. The summed E-state index contributed by atoms with van der Waals surface area (Å²) < 4.78 is 11.3. The maximum absolute atomic E-state index is 5.82. The SMILES string of the molecule is COc1ccccc1N(CCCN)CCOC(C)(C)C. The summed E-state index contributed by atoms with van der Waals surface area (Å²) in [5.74, 6) is 0.889. The summed E-state index contributed by atoms with van der Waals surface area (Å²) in [5, 5.41) is 0. The zero-order chi connectivity index (χ0) is 15.0. The highest BCUT2D eigenvalue weighted by Crippen LogP contribution is 2.27. The molecule has 1 aromatic rings. The lowest BCUT2D eigenvalue weighted by molar-refractivity contribution is 0.00134. The Kier molecular flexibility index (Phi) is 6.82. The van der Waals surface area contributed by atoms with Crippen LogP contribution >= 0.6 is 0 Å². The lowest BCUT2D eigenvalue weighted by atomic mass is 10.2. The Morgan fingerprint density at radius 3 is 2.45 bits per heavy atom. The minimum Gasteiger partial charge on any atom is -0.495 e. The van der Waals surface area contributed by atoms with E-state index in [1.807, 2.05) is 18.2 Å². The van der Waals surface area contributed by atoms with Gasteiger partial charge in [0.25, 0.3) is 0 Å². The first kappa shape index (κ1) is 16.8. The number of anilines is 1. The van der Waals surface area contributed by atoms with Crippen molar-refractivity contribution >= 4 is 5.69 Å². The Bertz CT molecular complexity index is 388.